The zero-order valence-corrected chi connectivity index (χ0v) is 17.1. The van der Waals surface area contributed by atoms with Crippen molar-refractivity contribution in [3.8, 4) is 17.1 Å². The number of benzene rings is 3. The highest BCUT2D eigenvalue weighted by atomic mass is 79.9. The van der Waals surface area contributed by atoms with Crippen LogP contribution in [-0.2, 0) is 0 Å². The lowest BCUT2D eigenvalue weighted by Gasteiger charge is -2.15. The molecule has 0 aliphatic heterocycles. The van der Waals surface area contributed by atoms with Crippen LogP contribution in [0.3, 0.4) is 0 Å². The third-order valence-corrected chi connectivity index (χ3v) is 4.78. The molecule has 3 aromatic carbocycles. The van der Waals surface area contributed by atoms with Crippen LogP contribution in [0.2, 0.25) is 0 Å². The van der Waals surface area contributed by atoms with Gasteiger partial charge < -0.3 is 10.1 Å². The summed E-state index contributed by atoms with van der Waals surface area (Å²) in [4.78, 5) is 9.59. The highest BCUT2D eigenvalue weighted by molar-refractivity contribution is 9.10. The molecule has 0 aliphatic carbocycles. The number of hydrogen-bond acceptors (Lipinski definition) is 4. The maximum absolute atomic E-state index is 5.89. The highest BCUT2D eigenvalue weighted by Crippen LogP contribution is 2.32. The summed E-state index contributed by atoms with van der Waals surface area (Å²) in [6.07, 6.45) is 0.954. The molecule has 0 radical (unpaired) electrons. The van der Waals surface area contributed by atoms with Gasteiger partial charge in [-0.2, -0.15) is 0 Å². The average molecular weight is 434 g/mol. The molecule has 0 spiro atoms. The minimum atomic E-state index is 0.671. The molecule has 0 saturated carbocycles. The van der Waals surface area contributed by atoms with Gasteiger partial charge in [0.1, 0.15) is 11.6 Å². The lowest BCUT2D eigenvalue weighted by molar-refractivity contribution is 0.319. The van der Waals surface area contributed by atoms with Crippen molar-refractivity contribution in [2.24, 2.45) is 0 Å². The molecule has 4 nitrogen and oxygen atoms in total. The van der Waals surface area contributed by atoms with Crippen LogP contribution in [0.15, 0.2) is 77.3 Å². The third-order valence-electron chi connectivity index (χ3n) is 4.29. The van der Waals surface area contributed by atoms with Gasteiger partial charge in [-0.1, -0.05) is 65.3 Å². The number of para-hydroxylation sites is 2. The van der Waals surface area contributed by atoms with Crippen LogP contribution in [0.4, 0.5) is 11.5 Å². The number of nitrogens with one attached hydrogen (secondary N) is 1. The molecule has 1 aromatic heterocycles. The SMILES string of the molecule is CCCOc1ccccc1Nc1nc(-c2ccccc2)nc2ccc(Br)cc12. The average Bonchev–Trinajstić information content (AvgIpc) is 2.74. The molecule has 0 aliphatic rings. The fourth-order valence-corrected chi connectivity index (χ4v) is 3.31. The van der Waals surface area contributed by atoms with E-state index in [0.717, 1.165) is 44.6 Å². The van der Waals surface area contributed by atoms with Crippen molar-refractivity contribution in [3.05, 3.63) is 77.3 Å². The van der Waals surface area contributed by atoms with E-state index in [0.29, 0.717) is 12.4 Å². The van der Waals surface area contributed by atoms with Crippen LogP contribution in [-0.4, -0.2) is 16.6 Å². The zero-order valence-electron chi connectivity index (χ0n) is 15.5. The van der Waals surface area contributed by atoms with Crippen molar-refractivity contribution < 1.29 is 4.74 Å². The zero-order chi connectivity index (χ0) is 19.3. The normalized spacial score (nSPS) is 10.8. The molecule has 1 N–H and O–H groups in total. The molecule has 0 saturated heterocycles. The number of halogens is 1. The minimum absolute atomic E-state index is 0.671. The van der Waals surface area contributed by atoms with Gasteiger partial charge in [0.05, 0.1) is 17.8 Å². The summed E-state index contributed by atoms with van der Waals surface area (Å²) in [5, 5.41) is 4.41. The molecular weight excluding hydrogens is 414 g/mol. The molecule has 5 heteroatoms. The summed E-state index contributed by atoms with van der Waals surface area (Å²) in [6, 6.07) is 23.9. The van der Waals surface area contributed by atoms with Gasteiger partial charge in [-0.05, 0) is 36.8 Å². The molecule has 0 fully saturated rings. The molecular formula is C23H20BrN3O. The second-order valence-electron chi connectivity index (χ2n) is 6.39. The number of aromatic nitrogens is 2. The van der Waals surface area contributed by atoms with E-state index >= 15 is 0 Å². The number of nitrogens with zero attached hydrogens (tertiary/aromatic N) is 2. The number of hydrogen-bond donors (Lipinski definition) is 1. The first kappa shape index (κ1) is 18.4. The Morgan fingerprint density at radius 2 is 1.71 bits per heavy atom. The van der Waals surface area contributed by atoms with E-state index < -0.39 is 0 Å². The largest absolute Gasteiger partial charge is 0.491 e. The van der Waals surface area contributed by atoms with Gasteiger partial charge in [0.25, 0.3) is 0 Å². The summed E-state index contributed by atoms with van der Waals surface area (Å²) in [7, 11) is 0. The van der Waals surface area contributed by atoms with Crippen molar-refractivity contribution in [2.45, 2.75) is 13.3 Å². The fourth-order valence-electron chi connectivity index (χ4n) is 2.95. The first-order chi connectivity index (χ1) is 13.7. The molecule has 1 heterocycles. The summed E-state index contributed by atoms with van der Waals surface area (Å²) in [6.45, 7) is 2.77. The minimum Gasteiger partial charge on any atom is -0.491 e. The molecule has 0 unspecified atom stereocenters. The van der Waals surface area contributed by atoms with Gasteiger partial charge in [0.15, 0.2) is 5.82 Å². The molecule has 0 bridgehead atoms. The molecule has 0 amide bonds. The van der Waals surface area contributed by atoms with Crippen LogP contribution >= 0.6 is 15.9 Å². The van der Waals surface area contributed by atoms with Crippen molar-refractivity contribution in [1.29, 1.82) is 0 Å². The lowest BCUT2D eigenvalue weighted by atomic mass is 10.1. The number of rotatable bonds is 6. The lowest BCUT2D eigenvalue weighted by Crippen LogP contribution is -2.02. The Morgan fingerprint density at radius 3 is 2.54 bits per heavy atom. The van der Waals surface area contributed by atoms with Gasteiger partial charge in [-0.15, -0.1) is 0 Å². The van der Waals surface area contributed by atoms with E-state index in [9.17, 15) is 0 Å². The third kappa shape index (κ3) is 3.99. The van der Waals surface area contributed by atoms with Crippen LogP contribution < -0.4 is 10.1 Å². The van der Waals surface area contributed by atoms with Gasteiger partial charge in [0.2, 0.25) is 0 Å². The van der Waals surface area contributed by atoms with Gasteiger partial charge in [0, 0.05) is 15.4 Å². The predicted octanol–water partition coefficient (Wildman–Crippen LogP) is 6.59. The van der Waals surface area contributed by atoms with Crippen molar-refractivity contribution in [2.75, 3.05) is 11.9 Å². The predicted molar refractivity (Wildman–Crippen MR) is 118 cm³/mol. The van der Waals surface area contributed by atoms with Crippen LogP contribution in [0.1, 0.15) is 13.3 Å². The first-order valence-corrected chi connectivity index (χ1v) is 10.1. The monoisotopic (exact) mass is 433 g/mol. The van der Waals surface area contributed by atoms with E-state index in [1.807, 2.05) is 72.8 Å². The van der Waals surface area contributed by atoms with E-state index in [1.54, 1.807) is 0 Å². The summed E-state index contributed by atoms with van der Waals surface area (Å²) >= 11 is 3.56. The fraction of sp³-hybridized carbons (Fsp3) is 0.130. The molecule has 4 rings (SSSR count). The van der Waals surface area contributed by atoms with E-state index in [2.05, 4.69) is 28.2 Å². The van der Waals surface area contributed by atoms with E-state index in [1.165, 1.54) is 0 Å². The van der Waals surface area contributed by atoms with Crippen molar-refractivity contribution in [3.63, 3.8) is 0 Å². The maximum atomic E-state index is 5.89. The van der Waals surface area contributed by atoms with E-state index in [-0.39, 0.29) is 0 Å². The van der Waals surface area contributed by atoms with Crippen LogP contribution in [0.5, 0.6) is 5.75 Å². The Hall–Kier alpha value is -2.92. The summed E-state index contributed by atoms with van der Waals surface area (Å²) in [5.41, 5.74) is 2.74. The number of ether oxygens (including phenoxy) is 1. The standard InChI is InChI=1S/C23H20BrN3O/c1-2-14-28-21-11-7-6-10-20(21)26-23-18-15-17(24)12-13-19(18)25-22(27-23)16-8-4-3-5-9-16/h3-13,15H,2,14H2,1H3,(H,25,26,27). The second-order valence-corrected chi connectivity index (χ2v) is 7.31. The van der Waals surface area contributed by atoms with Gasteiger partial charge in [-0.25, -0.2) is 9.97 Å². The molecule has 28 heavy (non-hydrogen) atoms. The Balaban J connectivity index is 1.83. The van der Waals surface area contributed by atoms with Crippen LogP contribution in [0, 0.1) is 0 Å². The highest BCUT2D eigenvalue weighted by Gasteiger charge is 2.12. The van der Waals surface area contributed by atoms with Crippen molar-refractivity contribution in [1.82, 2.24) is 9.97 Å². The summed E-state index contributed by atoms with van der Waals surface area (Å²) in [5.74, 6) is 2.25. The van der Waals surface area contributed by atoms with Gasteiger partial charge in [-0.3, -0.25) is 0 Å². The molecule has 0 atom stereocenters. The second kappa shape index (κ2) is 8.40. The molecule has 140 valence electrons. The Bertz CT molecular complexity index is 1100. The van der Waals surface area contributed by atoms with Crippen LogP contribution in [0.25, 0.3) is 22.3 Å². The first-order valence-electron chi connectivity index (χ1n) is 9.26. The Morgan fingerprint density at radius 1 is 0.929 bits per heavy atom. The van der Waals surface area contributed by atoms with E-state index in [4.69, 9.17) is 14.7 Å². The number of fused-ring (bicyclic) bond motifs is 1. The smallest absolute Gasteiger partial charge is 0.162 e. The number of anilines is 2. The molecule has 4 aromatic rings. The van der Waals surface area contributed by atoms with Crippen molar-refractivity contribution >= 4 is 38.3 Å². The quantitative estimate of drug-likeness (QED) is 0.372. The Labute approximate surface area is 172 Å². The Kier molecular flexibility index (Phi) is 5.53. The topological polar surface area (TPSA) is 47.0 Å². The summed E-state index contributed by atoms with van der Waals surface area (Å²) < 4.78 is 6.88. The van der Waals surface area contributed by atoms with Gasteiger partial charge >= 0.3 is 0 Å². The maximum Gasteiger partial charge on any atom is 0.162 e.